The van der Waals surface area contributed by atoms with Crippen molar-refractivity contribution in [3.63, 3.8) is 0 Å². The Labute approximate surface area is 188 Å². The van der Waals surface area contributed by atoms with Gasteiger partial charge in [-0.2, -0.15) is 4.72 Å². The number of aliphatic hydroxyl groups excluding tert-OH is 1. The van der Waals surface area contributed by atoms with Crippen molar-refractivity contribution in [3.8, 4) is 0 Å². The predicted molar refractivity (Wildman–Crippen MR) is 118 cm³/mol. The van der Waals surface area contributed by atoms with Gasteiger partial charge in [-0.3, -0.25) is 4.79 Å². The van der Waals surface area contributed by atoms with Gasteiger partial charge in [0, 0.05) is 13.0 Å². The zero-order valence-corrected chi connectivity index (χ0v) is 19.8. The van der Waals surface area contributed by atoms with Gasteiger partial charge < -0.3 is 14.4 Å². The van der Waals surface area contributed by atoms with Crippen molar-refractivity contribution < 1.29 is 23.1 Å². The van der Waals surface area contributed by atoms with Gasteiger partial charge in [0.05, 0.1) is 24.3 Å². The van der Waals surface area contributed by atoms with Crippen molar-refractivity contribution in [2.24, 2.45) is 5.92 Å². The first-order chi connectivity index (χ1) is 14.6. The van der Waals surface area contributed by atoms with Crippen LogP contribution in [0.4, 0.5) is 0 Å². The molecule has 2 aromatic rings. The zero-order valence-electron chi connectivity index (χ0n) is 18.3. The number of carbonyl (C=O) groups excluding carboxylic acids is 1. The van der Waals surface area contributed by atoms with E-state index in [1.54, 1.807) is 26.0 Å². The first kappa shape index (κ1) is 25.3. The summed E-state index contributed by atoms with van der Waals surface area (Å²) in [6, 6.07) is 5.37. The van der Waals surface area contributed by atoms with Crippen LogP contribution in [0.25, 0.3) is 0 Å². The van der Waals surface area contributed by atoms with Gasteiger partial charge in [-0.05, 0) is 30.0 Å². The molecule has 0 aliphatic carbocycles. The molecule has 31 heavy (non-hydrogen) atoms. The number of hydrogen-bond acceptors (Lipinski definition) is 6. The number of aryl methyl sites for hydroxylation is 1. The third kappa shape index (κ3) is 6.29. The lowest BCUT2D eigenvalue weighted by atomic mass is 10.1. The lowest BCUT2D eigenvalue weighted by Gasteiger charge is -2.20. The molecule has 0 aliphatic rings. The van der Waals surface area contributed by atoms with Gasteiger partial charge in [-0.15, -0.1) is 0 Å². The molecule has 1 aromatic carbocycles. The molecule has 1 aromatic heterocycles. The zero-order chi connectivity index (χ0) is 23.2. The summed E-state index contributed by atoms with van der Waals surface area (Å²) < 4.78 is 34.4. The van der Waals surface area contributed by atoms with E-state index in [0.717, 1.165) is 30.7 Å². The normalized spacial score (nSPS) is 12.9. The highest BCUT2D eigenvalue weighted by Gasteiger charge is 2.29. The molecule has 2 rings (SSSR count). The van der Waals surface area contributed by atoms with E-state index in [1.165, 1.54) is 19.2 Å². The van der Waals surface area contributed by atoms with E-state index in [-0.39, 0.29) is 22.6 Å². The summed E-state index contributed by atoms with van der Waals surface area (Å²) in [5, 5.41) is 9.97. The Morgan fingerprint density at radius 1 is 1.29 bits per heavy atom. The average molecular weight is 472 g/mol. The summed E-state index contributed by atoms with van der Waals surface area (Å²) in [4.78, 5) is 16.3. The highest BCUT2D eigenvalue weighted by atomic mass is 35.5. The minimum absolute atomic E-state index is 0.0445. The Balaban J connectivity index is 2.25. The molecule has 10 heteroatoms. The Kier molecular flexibility index (Phi) is 9.05. The fourth-order valence-electron chi connectivity index (χ4n) is 3.14. The number of ether oxygens (including phenoxy) is 1. The largest absolute Gasteiger partial charge is 0.468 e. The van der Waals surface area contributed by atoms with Crippen LogP contribution in [0.5, 0.6) is 0 Å². The van der Waals surface area contributed by atoms with E-state index in [2.05, 4.69) is 16.6 Å². The molecule has 0 unspecified atom stereocenters. The highest BCUT2D eigenvalue weighted by molar-refractivity contribution is 7.89. The number of nitrogens with zero attached hydrogens (tertiary/aromatic N) is 2. The van der Waals surface area contributed by atoms with Crippen LogP contribution in [-0.4, -0.2) is 42.2 Å². The summed E-state index contributed by atoms with van der Waals surface area (Å²) >= 11 is 6.17. The number of aromatic nitrogens is 2. The quantitative estimate of drug-likeness (QED) is 0.487. The van der Waals surface area contributed by atoms with Gasteiger partial charge in [-0.25, -0.2) is 13.4 Å². The standard InChI is InChI=1S/C21H30ClN3O5S/c1-5-6-7-18-23-20(22)17(13-26)25(18)12-15-8-10-16(11-9-15)31(28,29)24-19(14(2)3)21(27)30-4/h8-11,14,19,24,26H,5-7,12-13H2,1-4H3/t19-/m0/s1. The summed E-state index contributed by atoms with van der Waals surface area (Å²) in [6.45, 7) is 5.72. The number of carbonyl (C=O) groups is 1. The molecule has 0 aliphatic heterocycles. The summed E-state index contributed by atoms with van der Waals surface area (Å²) in [7, 11) is -2.69. The number of unbranched alkanes of at least 4 members (excludes halogenated alkanes) is 1. The van der Waals surface area contributed by atoms with Gasteiger partial charge in [0.15, 0.2) is 5.15 Å². The maximum Gasteiger partial charge on any atom is 0.324 e. The lowest BCUT2D eigenvalue weighted by molar-refractivity contribution is -0.143. The Hall–Kier alpha value is -1.94. The van der Waals surface area contributed by atoms with E-state index in [0.29, 0.717) is 12.2 Å². The van der Waals surface area contributed by atoms with Crippen molar-refractivity contribution in [1.82, 2.24) is 14.3 Å². The predicted octanol–water partition coefficient (Wildman–Crippen LogP) is 2.90. The van der Waals surface area contributed by atoms with Crippen LogP contribution >= 0.6 is 11.6 Å². The summed E-state index contributed by atoms with van der Waals surface area (Å²) in [5.41, 5.74) is 1.36. The third-order valence-corrected chi connectivity index (χ3v) is 6.74. The first-order valence-electron chi connectivity index (χ1n) is 10.2. The molecular weight excluding hydrogens is 442 g/mol. The first-order valence-corrected chi connectivity index (χ1v) is 12.0. The van der Waals surface area contributed by atoms with Crippen LogP contribution in [0.1, 0.15) is 50.7 Å². The maximum absolute atomic E-state index is 12.7. The Bertz CT molecular complexity index is 987. The Morgan fingerprint density at radius 3 is 2.45 bits per heavy atom. The fourth-order valence-corrected chi connectivity index (χ4v) is 4.74. The van der Waals surface area contributed by atoms with Crippen LogP contribution in [-0.2, 0) is 39.1 Å². The van der Waals surface area contributed by atoms with E-state index in [1.807, 2.05) is 4.57 Å². The molecule has 0 radical (unpaired) electrons. The van der Waals surface area contributed by atoms with Gasteiger partial charge in [0.25, 0.3) is 0 Å². The SMILES string of the molecule is CCCCc1nc(Cl)c(CO)n1Cc1ccc(S(=O)(=O)N[C@H](C(=O)OC)C(C)C)cc1. The highest BCUT2D eigenvalue weighted by Crippen LogP contribution is 2.22. The van der Waals surface area contributed by atoms with Crippen molar-refractivity contribution in [2.75, 3.05) is 7.11 Å². The second-order valence-corrected chi connectivity index (χ2v) is 9.70. The van der Waals surface area contributed by atoms with Gasteiger partial charge in [-0.1, -0.05) is 50.9 Å². The lowest BCUT2D eigenvalue weighted by Crippen LogP contribution is -2.44. The van der Waals surface area contributed by atoms with E-state index in [4.69, 9.17) is 16.3 Å². The molecular formula is C21H30ClN3O5S. The number of benzene rings is 1. The van der Waals surface area contributed by atoms with Gasteiger partial charge >= 0.3 is 5.97 Å². The van der Waals surface area contributed by atoms with Crippen LogP contribution in [0.15, 0.2) is 29.2 Å². The molecule has 1 heterocycles. The number of hydrogen-bond donors (Lipinski definition) is 2. The Morgan fingerprint density at radius 2 is 1.94 bits per heavy atom. The fraction of sp³-hybridized carbons (Fsp3) is 0.524. The van der Waals surface area contributed by atoms with Crippen molar-refractivity contribution in [2.45, 2.75) is 64.1 Å². The average Bonchev–Trinajstić information content (AvgIpc) is 3.04. The van der Waals surface area contributed by atoms with Crippen molar-refractivity contribution >= 4 is 27.6 Å². The molecule has 8 nitrogen and oxygen atoms in total. The van der Waals surface area contributed by atoms with Crippen LogP contribution in [0.2, 0.25) is 5.15 Å². The van der Waals surface area contributed by atoms with Gasteiger partial charge in [0.1, 0.15) is 11.9 Å². The van der Waals surface area contributed by atoms with Gasteiger partial charge in [0.2, 0.25) is 10.0 Å². The number of methoxy groups -OCH3 is 1. The molecule has 0 saturated carbocycles. The molecule has 2 N–H and O–H groups in total. The third-order valence-electron chi connectivity index (χ3n) is 4.98. The number of nitrogens with one attached hydrogen (secondary N) is 1. The second-order valence-electron chi connectivity index (χ2n) is 7.62. The van der Waals surface area contributed by atoms with Crippen molar-refractivity contribution in [1.29, 1.82) is 0 Å². The minimum atomic E-state index is -3.91. The number of halogens is 1. The van der Waals surface area contributed by atoms with Crippen LogP contribution in [0, 0.1) is 5.92 Å². The maximum atomic E-state index is 12.7. The minimum Gasteiger partial charge on any atom is -0.468 e. The van der Waals surface area contributed by atoms with E-state index < -0.39 is 22.0 Å². The van der Waals surface area contributed by atoms with E-state index in [9.17, 15) is 18.3 Å². The number of esters is 1. The molecule has 1 atom stereocenters. The number of rotatable bonds is 11. The molecule has 0 fully saturated rings. The van der Waals surface area contributed by atoms with Crippen LogP contribution in [0.3, 0.4) is 0 Å². The topological polar surface area (TPSA) is 111 Å². The second kappa shape index (κ2) is 11.1. The summed E-state index contributed by atoms with van der Waals surface area (Å²) in [5.74, 6) is -0.124. The molecule has 172 valence electrons. The summed E-state index contributed by atoms with van der Waals surface area (Å²) in [6.07, 6.45) is 2.68. The smallest absolute Gasteiger partial charge is 0.324 e. The number of aliphatic hydroxyl groups is 1. The molecule has 0 saturated heterocycles. The monoisotopic (exact) mass is 471 g/mol. The number of imidazole rings is 1. The van der Waals surface area contributed by atoms with Crippen molar-refractivity contribution in [3.05, 3.63) is 46.5 Å². The molecule has 0 amide bonds. The van der Waals surface area contributed by atoms with Crippen LogP contribution < -0.4 is 4.72 Å². The molecule has 0 bridgehead atoms. The van der Waals surface area contributed by atoms with E-state index >= 15 is 0 Å². The molecule has 0 spiro atoms. The number of sulfonamides is 1.